The molecule has 0 saturated carbocycles. The number of carbonyl (C=O) groups is 1. The quantitative estimate of drug-likeness (QED) is 0.659. The Hall–Kier alpha value is -1.89. The summed E-state index contributed by atoms with van der Waals surface area (Å²) < 4.78 is 0. The third-order valence-corrected chi connectivity index (χ3v) is 3.81. The molecule has 110 valence electrons. The van der Waals surface area contributed by atoms with E-state index in [0.717, 1.165) is 24.0 Å². The van der Waals surface area contributed by atoms with Crippen LogP contribution in [0.4, 0.5) is 0 Å². The van der Waals surface area contributed by atoms with Gasteiger partial charge in [-0.1, -0.05) is 75.4 Å². The van der Waals surface area contributed by atoms with Crippen molar-refractivity contribution in [1.29, 1.82) is 0 Å². The molecule has 0 radical (unpaired) electrons. The van der Waals surface area contributed by atoms with Crippen molar-refractivity contribution in [2.24, 2.45) is 5.92 Å². The molecule has 0 aliphatic heterocycles. The van der Waals surface area contributed by atoms with Crippen LogP contribution in [0.3, 0.4) is 0 Å². The molecule has 2 aromatic rings. The van der Waals surface area contributed by atoms with Crippen molar-refractivity contribution < 1.29 is 4.79 Å². The molecule has 2 rings (SSSR count). The SMILES string of the molecule is CCC(C(=O)c1ccc(CC(C)C)cc1)c1ccccc1. The van der Waals surface area contributed by atoms with E-state index in [9.17, 15) is 4.79 Å². The minimum atomic E-state index is -0.0397. The Labute approximate surface area is 128 Å². The van der Waals surface area contributed by atoms with E-state index in [1.807, 2.05) is 42.5 Å². The number of ketones is 1. The highest BCUT2D eigenvalue weighted by atomic mass is 16.1. The van der Waals surface area contributed by atoms with Crippen LogP contribution in [0.15, 0.2) is 54.6 Å². The van der Waals surface area contributed by atoms with Crippen molar-refractivity contribution >= 4 is 5.78 Å². The molecule has 0 heterocycles. The van der Waals surface area contributed by atoms with E-state index >= 15 is 0 Å². The van der Waals surface area contributed by atoms with E-state index in [-0.39, 0.29) is 11.7 Å². The number of rotatable bonds is 6. The van der Waals surface area contributed by atoms with Gasteiger partial charge in [0.1, 0.15) is 0 Å². The van der Waals surface area contributed by atoms with Crippen molar-refractivity contribution in [1.82, 2.24) is 0 Å². The molecule has 2 aromatic carbocycles. The first-order chi connectivity index (χ1) is 10.1. The van der Waals surface area contributed by atoms with Gasteiger partial charge in [-0.05, 0) is 29.9 Å². The van der Waals surface area contributed by atoms with Gasteiger partial charge in [-0.2, -0.15) is 0 Å². The molecule has 1 nitrogen and oxygen atoms in total. The van der Waals surface area contributed by atoms with E-state index < -0.39 is 0 Å². The maximum Gasteiger partial charge on any atom is 0.170 e. The second kappa shape index (κ2) is 7.21. The molecule has 1 unspecified atom stereocenters. The zero-order chi connectivity index (χ0) is 15.2. The van der Waals surface area contributed by atoms with Crippen molar-refractivity contribution in [2.45, 2.75) is 39.5 Å². The van der Waals surface area contributed by atoms with Crippen LogP contribution in [0.2, 0.25) is 0 Å². The van der Waals surface area contributed by atoms with Crippen LogP contribution in [0.25, 0.3) is 0 Å². The van der Waals surface area contributed by atoms with Gasteiger partial charge in [-0.25, -0.2) is 0 Å². The van der Waals surface area contributed by atoms with Gasteiger partial charge in [-0.15, -0.1) is 0 Å². The zero-order valence-corrected chi connectivity index (χ0v) is 13.2. The summed E-state index contributed by atoms with van der Waals surface area (Å²) >= 11 is 0. The number of benzene rings is 2. The second-order valence-electron chi connectivity index (χ2n) is 6.03. The molecule has 1 heteroatoms. The van der Waals surface area contributed by atoms with Gasteiger partial charge in [0.2, 0.25) is 0 Å². The van der Waals surface area contributed by atoms with Crippen molar-refractivity contribution in [2.75, 3.05) is 0 Å². The smallest absolute Gasteiger partial charge is 0.170 e. The Morgan fingerprint density at radius 2 is 1.57 bits per heavy atom. The summed E-state index contributed by atoms with van der Waals surface area (Å²) in [5.41, 5.74) is 3.23. The standard InChI is InChI=1S/C20H24O/c1-4-19(17-8-6-5-7-9-17)20(21)18-12-10-16(11-13-18)14-15(2)3/h5-13,15,19H,4,14H2,1-3H3. The molecule has 0 spiro atoms. The molecule has 0 saturated heterocycles. The number of hydrogen-bond acceptors (Lipinski definition) is 1. The fourth-order valence-electron chi connectivity index (χ4n) is 2.74. The van der Waals surface area contributed by atoms with Crippen LogP contribution in [-0.2, 0) is 6.42 Å². The van der Waals surface area contributed by atoms with Gasteiger partial charge in [0.15, 0.2) is 5.78 Å². The largest absolute Gasteiger partial charge is 0.293 e. The summed E-state index contributed by atoms with van der Waals surface area (Å²) in [6.45, 7) is 6.49. The van der Waals surface area contributed by atoms with Gasteiger partial charge in [0.25, 0.3) is 0 Å². The Morgan fingerprint density at radius 3 is 2.10 bits per heavy atom. The molecule has 0 bridgehead atoms. The molecule has 0 fully saturated rings. The van der Waals surface area contributed by atoms with Crippen LogP contribution in [0, 0.1) is 5.92 Å². The normalized spacial score (nSPS) is 12.4. The second-order valence-corrected chi connectivity index (χ2v) is 6.03. The number of Topliss-reactive ketones (excluding diaryl/α,β-unsaturated/α-hetero) is 1. The summed E-state index contributed by atoms with van der Waals surface area (Å²) in [4.78, 5) is 12.7. The monoisotopic (exact) mass is 280 g/mol. The molecular weight excluding hydrogens is 256 g/mol. The van der Waals surface area contributed by atoms with Gasteiger partial charge in [-0.3, -0.25) is 4.79 Å². The van der Waals surface area contributed by atoms with E-state index in [4.69, 9.17) is 0 Å². The maximum absolute atomic E-state index is 12.7. The van der Waals surface area contributed by atoms with Crippen LogP contribution >= 0.6 is 0 Å². The molecule has 0 amide bonds. The van der Waals surface area contributed by atoms with Crippen molar-refractivity contribution in [3.63, 3.8) is 0 Å². The lowest BCUT2D eigenvalue weighted by Gasteiger charge is -2.14. The van der Waals surface area contributed by atoms with Crippen LogP contribution in [-0.4, -0.2) is 5.78 Å². The summed E-state index contributed by atoms with van der Waals surface area (Å²) in [7, 11) is 0. The number of carbonyl (C=O) groups excluding carboxylic acids is 1. The van der Waals surface area contributed by atoms with Crippen LogP contribution < -0.4 is 0 Å². The predicted molar refractivity (Wildman–Crippen MR) is 88.8 cm³/mol. The van der Waals surface area contributed by atoms with E-state index in [1.54, 1.807) is 0 Å². The van der Waals surface area contributed by atoms with Crippen LogP contribution in [0.5, 0.6) is 0 Å². The summed E-state index contributed by atoms with van der Waals surface area (Å²) in [6.07, 6.45) is 1.89. The molecular formula is C20H24O. The topological polar surface area (TPSA) is 17.1 Å². The Morgan fingerprint density at radius 1 is 0.952 bits per heavy atom. The van der Waals surface area contributed by atoms with Gasteiger partial charge < -0.3 is 0 Å². The first-order valence-electron chi connectivity index (χ1n) is 7.80. The molecule has 21 heavy (non-hydrogen) atoms. The van der Waals surface area contributed by atoms with Gasteiger partial charge in [0.05, 0.1) is 0 Å². The highest BCUT2D eigenvalue weighted by Crippen LogP contribution is 2.24. The van der Waals surface area contributed by atoms with Gasteiger partial charge >= 0.3 is 0 Å². The molecule has 1 atom stereocenters. The Kier molecular flexibility index (Phi) is 5.32. The van der Waals surface area contributed by atoms with Crippen LogP contribution in [0.1, 0.15) is 54.6 Å². The average molecular weight is 280 g/mol. The minimum absolute atomic E-state index is 0.0397. The van der Waals surface area contributed by atoms with Crippen molar-refractivity contribution in [3.05, 3.63) is 71.3 Å². The summed E-state index contributed by atoms with van der Waals surface area (Å²) in [5, 5.41) is 0. The average Bonchev–Trinajstić information content (AvgIpc) is 2.49. The fraction of sp³-hybridized carbons (Fsp3) is 0.350. The lowest BCUT2D eigenvalue weighted by atomic mass is 9.88. The molecule has 0 aromatic heterocycles. The fourth-order valence-corrected chi connectivity index (χ4v) is 2.74. The first-order valence-corrected chi connectivity index (χ1v) is 7.80. The summed E-state index contributed by atoms with van der Waals surface area (Å²) in [6, 6.07) is 18.2. The highest BCUT2D eigenvalue weighted by Gasteiger charge is 2.19. The van der Waals surface area contributed by atoms with Crippen molar-refractivity contribution in [3.8, 4) is 0 Å². The molecule has 0 aliphatic carbocycles. The Bertz CT molecular complexity index is 567. The van der Waals surface area contributed by atoms with E-state index in [2.05, 4.69) is 32.9 Å². The zero-order valence-electron chi connectivity index (χ0n) is 13.2. The van der Waals surface area contributed by atoms with E-state index in [0.29, 0.717) is 5.92 Å². The Balaban J connectivity index is 2.18. The summed E-state index contributed by atoms with van der Waals surface area (Å²) in [5.74, 6) is 0.821. The lowest BCUT2D eigenvalue weighted by molar-refractivity contribution is 0.0957. The first kappa shape index (κ1) is 15.5. The highest BCUT2D eigenvalue weighted by molar-refractivity contribution is 6.00. The third kappa shape index (κ3) is 4.04. The lowest BCUT2D eigenvalue weighted by Crippen LogP contribution is -2.12. The van der Waals surface area contributed by atoms with E-state index in [1.165, 1.54) is 5.56 Å². The maximum atomic E-state index is 12.7. The third-order valence-electron chi connectivity index (χ3n) is 3.81. The van der Waals surface area contributed by atoms with Gasteiger partial charge in [0, 0.05) is 11.5 Å². The molecule has 0 N–H and O–H groups in total. The predicted octanol–water partition coefficient (Wildman–Crippen LogP) is 5.26. The minimum Gasteiger partial charge on any atom is -0.293 e. The number of hydrogen-bond donors (Lipinski definition) is 0. The molecule has 0 aliphatic rings.